The Morgan fingerprint density at radius 2 is 2.17 bits per heavy atom. The van der Waals surface area contributed by atoms with Gasteiger partial charge in [0.15, 0.2) is 11.6 Å². The first-order valence-electron chi connectivity index (χ1n) is 5.79. The van der Waals surface area contributed by atoms with Crippen LogP contribution in [0.4, 0.5) is 5.82 Å². The lowest BCUT2D eigenvalue weighted by Gasteiger charge is -2.10. The molecule has 0 fully saturated rings. The van der Waals surface area contributed by atoms with Gasteiger partial charge in [-0.3, -0.25) is 0 Å². The van der Waals surface area contributed by atoms with Crippen LogP contribution in [0.15, 0.2) is 18.3 Å². The highest BCUT2D eigenvalue weighted by molar-refractivity contribution is 7.88. The van der Waals surface area contributed by atoms with E-state index in [2.05, 4.69) is 15.0 Å². The molecule has 1 rings (SSSR count). The molecule has 0 unspecified atom stereocenters. The third-order valence-electron chi connectivity index (χ3n) is 2.08. The second-order valence-electron chi connectivity index (χ2n) is 3.73. The molecule has 0 atom stereocenters. The van der Waals surface area contributed by atoms with E-state index in [-0.39, 0.29) is 0 Å². The predicted molar refractivity (Wildman–Crippen MR) is 71.4 cm³/mol. The summed E-state index contributed by atoms with van der Waals surface area (Å²) in [4.78, 5) is 4.17. The topological polar surface area (TPSA) is 80.3 Å². The Bertz CT molecular complexity index is 462. The Morgan fingerprint density at radius 3 is 2.83 bits per heavy atom. The molecule has 0 saturated heterocycles. The maximum Gasteiger partial charge on any atom is 0.208 e. The van der Waals surface area contributed by atoms with Crippen LogP contribution in [0.2, 0.25) is 0 Å². The Kier molecular flexibility index (Phi) is 5.87. The highest BCUT2D eigenvalue weighted by atomic mass is 32.2. The molecule has 0 aliphatic carbocycles. The van der Waals surface area contributed by atoms with E-state index in [9.17, 15) is 8.42 Å². The van der Waals surface area contributed by atoms with Crippen LogP contribution in [-0.2, 0) is 10.0 Å². The molecule has 2 N–H and O–H groups in total. The van der Waals surface area contributed by atoms with Crippen LogP contribution < -0.4 is 14.8 Å². The van der Waals surface area contributed by atoms with Crippen molar-refractivity contribution in [2.75, 3.05) is 31.3 Å². The first-order chi connectivity index (χ1) is 8.53. The fraction of sp³-hybridized carbons (Fsp3) is 0.545. The summed E-state index contributed by atoms with van der Waals surface area (Å²) in [6.45, 7) is 3.52. The first-order valence-corrected chi connectivity index (χ1v) is 7.68. The number of hydrogen-bond acceptors (Lipinski definition) is 5. The molecule has 0 aromatic carbocycles. The summed E-state index contributed by atoms with van der Waals surface area (Å²) in [5, 5.41) is 3.11. The van der Waals surface area contributed by atoms with Crippen molar-refractivity contribution in [1.82, 2.24) is 9.71 Å². The van der Waals surface area contributed by atoms with Gasteiger partial charge in [-0.25, -0.2) is 18.1 Å². The minimum atomic E-state index is -3.10. The van der Waals surface area contributed by atoms with Crippen LogP contribution in [0.25, 0.3) is 0 Å². The minimum Gasteiger partial charge on any atom is -0.490 e. The van der Waals surface area contributed by atoms with E-state index in [1.165, 1.54) is 0 Å². The van der Waals surface area contributed by atoms with E-state index >= 15 is 0 Å². The van der Waals surface area contributed by atoms with Gasteiger partial charge in [0.2, 0.25) is 10.0 Å². The largest absolute Gasteiger partial charge is 0.490 e. The van der Waals surface area contributed by atoms with Gasteiger partial charge in [-0.2, -0.15) is 0 Å². The van der Waals surface area contributed by atoms with Gasteiger partial charge in [0.1, 0.15) is 0 Å². The maximum atomic E-state index is 10.8. The van der Waals surface area contributed by atoms with Crippen molar-refractivity contribution >= 4 is 15.8 Å². The number of hydrogen-bond donors (Lipinski definition) is 2. The predicted octanol–water partition coefficient (Wildman–Crippen LogP) is 0.832. The lowest BCUT2D eigenvalue weighted by Crippen LogP contribution is -2.24. The van der Waals surface area contributed by atoms with Crippen LogP contribution in [0.5, 0.6) is 5.75 Å². The van der Waals surface area contributed by atoms with Crippen molar-refractivity contribution in [2.24, 2.45) is 0 Å². The normalized spacial score (nSPS) is 11.2. The second-order valence-corrected chi connectivity index (χ2v) is 5.56. The van der Waals surface area contributed by atoms with E-state index in [0.29, 0.717) is 37.7 Å². The molecule has 1 heterocycles. The molecule has 0 radical (unpaired) electrons. The Hall–Kier alpha value is -1.34. The smallest absolute Gasteiger partial charge is 0.208 e. The minimum absolute atomic E-state index is 0.405. The molecule has 0 bridgehead atoms. The van der Waals surface area contributed by atoms with Gasteiger partial charge in [0.25, 0.3) is 0 Å². The lowest BCUT2D eigenvalue weighted by molar-refractivity contribution is 0.340. The summed E-state index contributed by atoms with van der Waals surface area (Å²) in [6, 6.07) is 3.65. The van der Waals surface area contributed by atoms with Crippen molar-refractivity contribution in [3.8, 4) is 5.75 Å². The summed E-state index contributed by atoms with van der Waals surface area (Å²) in [5.41, 5.74) is 0. The molecular weight excluding hydrogens is 254 g/mol. The number of aromatic nitrogens is 1. The second kappa shape index (κ2) is 7.17. The molecule has 18 heavy (non-hydrogen) atoms. The first kappa shape index (κ1) is 14.7. The van der Waals surface area contributed by atoms with Crippen LogP contribution in [0.3, 0.4) is 0 Å². The standard InChI is InChI=1S/C11H19N3O3S/c1-3-17-10-6-4-7-12-11(10)13-8-5-9-14-18(2,15)16/h4,6-7,14H,3,5,8-9H2,1-2H3,(H,12,13). The molecule has 7 heteroatoms. The Labute approximate surface area is 108 Å². The summed E-state index contributed by atoms with van der Waals surface area (Å²) in [5.74, 6) is 1.38. The summed E-state index contributed by atoms with van der Waals surface area (Å²) in [6.07, 6.45) is 3.50. The van der Waals surface area contributed by atoms with E-state index in [1.807, 2.05) is 13.0 Å². The average molecular weight is 273 g/mol. The van der Waals surface area contributed by atoms with Crippen LogP contribution in [0.1, 0.15) is 13.3 Å². The number of nitrogens with zero attached hydrogens (tertiary/aromatic N) is 1. The molecule has 0 aliphatic rings. The summed E-state index contributed by atoms with van der Waals surface area (Å²) in [7, 11) is -3.10. The molecule has 1 aromatic heterocycles. The lowest BCUT2D eigenvalue weighted by atomic mass is 10.4. The number of sulfonamides is 1. The van der Waals surface area contributed by atoms with Crippen LogP contribution >= 0.6 is 0 Å². The molecule has 0 aliphatic heterocycles. The van der Waals surface area contributed by atoms with Gasteiger partial charge >= 0.3 is 0 Å². The van der Waals surface area contributed by atoms with Crippen molar-refractivity contribution in [3.05, 3.63) is 18.3 Å². The van der Waals surface area contributed by atoms with Gasteiger partial charge in [-0.05, 0) is 25.5 Å². The fourth-order valence-electron chi connectivity index (χ4n) is 1.35. The zero-order chi connectivity index (χ0) is 13.4. The molecule has 6 nitrogen and oxygen atoms in total. The maximum absolute atomic E-state index is 10.8. The Balaban J connectivity index is 2.35. The zero-order valence-electron chi connectivity index (χ0n) is 10.6. The van der Waals surface area contributed by atoms with Gasteiger partial charge in [0, 0.05) is 19.3 Å². The highest BCUT2D eigenvalue weighted by Gasteiger charge is 2.03. The number of rotatable bonds is 8. The van der Waals surface area contributed by atoms with E-state index in [0.717, 1.165) is 6.26 Å². The third kappa shape index (κ3) is 5.83. The quantitative estimate of drug-likeness (QED) is 0.686. The fourth-order valence-corrected chi connectivity index (χ4v) is 1.86. The van der Waals surface area contributed by atoms with E-state index in [1.54, 1.807) is 12.3 Å². The zero-order valence-corrected chi connectivity index (χ0v) is 11.5. The highest BCUT2D eigenvalue weighted by Crippen LogP contribution is 2.20. The van der Waals surface area contributed by atoms with Gasteiger partial charge in [-0.1, -0.05) is 0 Å². The SMILES string of the molecule is CCOc1cccnc1NCCCNS(C)(=O)=O. The number of nitrogens with one attached hydrogen (secondary N) is 2. The summed E-state index contributed by atoms with van der Waals surface area (Å²) >= 11 is 0. The molecule has 102 valence electrons. The molecule has 0 saturated carbocycles. The summed E-state index contributed by atoms with van der Waals surface area (Å²) < 4.78 is 29.5. The van der Waals surface area contributed by atoms with Gasteiger partial charge in [0.05, 0.1) is 12.9 Å². The molecule has 0 spiro atoms. The number of pyridine rings is 1. The number of anilines is 1. The third-order valence-corrected chi connectivity index (χ3v) is 2.81. The van der Waals surface area contributed by atoms with Gasteiger partial charge in [-0.15, -0.1) is 0 Å². The number of ether oxygens (including phenoxy) is 1. The van der Waals surface area contributed by atoms with Gasteiger partial charge < -0.3 is 10.1 Å². The van der Waals surface area contributed by atoms with E-state index < -0.39 is 10.0 Å². The molecule has 1 aromatic rings. The molecular formula is C11H19N3O3S. The monoisotopic (exact) mass is 273 g/mol. The van der Waals surface area contributed by atoms with Crippen molar-refractivity contribution in [3.63, 3.8) is 0 Å². The van der Waals surface area contributed by atoms with Crippen LogP contribution in [0, 0.1) is 0 Å². The van der Waals surface area contributed by atoms with Crippen LogP contribution in [-0.4, -0.2) is 39.4 Å². The Morgan fingerprint density at radius 1 is 1.39 bits per heavy atom. The van der Waals surface area contributed by atoms with Crippen molar-refractivity contribution in [1.29, 1.82) is 0 Å². The molecule has 0 amide bonds. The average Bonchev–Trinajstić information content (AvgIpc) is 2.29. The van der Waals surface area contributed by atoms with Crippen molar-refractivity contribution in [2.45, 2.75) is 13.3 Å². The van der Waals surface area contributed by atoms with E-state index in [4.69, 9.17) is 4.74 Å². The van der Waals surface area contributed by atoms with Crippen molar-refractivity contribution < 1.29 is 13.2 Å².